The molecule has 0 aliphatic rings. The highest BCUT2D eigenvalue weighted by molar-refractivity contribution is 5.85. The summed E-state index contributed by atoms with van der Waals surface area (Å²) in [6.45, 7) is 4.28. The van der Waals surface area contributed by atoms with Crippen molar-refractivity contribution in [3.05, 3.63) is 18.2 Å². The van der Waals surface area contributed by atoms with E-state index in [1.807, 2.05) is 13.8 Å². The SMILES string of the molecule is CNC(C)(C)C(=O)NCCc1ncc[nH]1. The Balaban J connectivity index is 2.29. The van der Waals surface area contributed by atoms with Crippen molar-refractivity contribution >= 4 is 5.91 Å². The van der Waals surface area contributed by atoms with E-state index in [0.717, 1.165) is 12.2 Å². The molecule has 0 saturated carbocycles. The number of imidazole rings is 1. The van der Waals surface area contributed by atoms with Crippen LogP contribution in [0.25, 0.3) is 0 Å². The van der Waals surface area contributed by atoms with E-state index in [1.54, 1.807) is 19.4 Å². The minimum Gasteiger partial charge on any atom is -0.354 e. The van der Waals surface area contributed by atoms with Crippen LogP contribution in [0.5, 0.6) is 0 Å². The van der Waals surface area contributed by atoms with Gasteiger partial charge in [-0.05, 0) is 20.9 Å². The molecule has 3 N–H and O–H groups in total. The number of H-pyrrole nitrogens is 1. The highest BCUT2D eigenvalue weighted by Crippen LogP contribution is 2.00. The molecule has 0 saturated heterocycles. The zero-order chi connectivity index (χ0) is 11.3. The van der Waals surface area contributed by atoms with E-state index in [9.17, 15) is 4.79 Å². The Morgan fingerprint density at radius 1 is 1.60 bits per heavy atom. The molecule has 1 aromatic heterocycles. The van der Waals surface area contributed by atoms with E-state index in [-0.39, 0.29) is 5.91 Å². The number of amides is 1. The van der Waals surface area contributed by atoms with Crippen molar-refractivity contribution in [3.63, 3.8) is 0 Å². The van der Waals surface area contributed by atoms with Gasteiger partial charge in [0.1, 0.15) is 5.82 Å². The van der Waals surface area contributed by atoms with Gasteiger partial charge in [0.2, 0.25) is 5.91 Å². The van der Waals surface area contributed by atoms with Gasteiger partial charge in [0.25, 0.3) is 0 Å². The molecule has 0 spiro atoms. The zero-order valence-corrected chi connectivity index (χ0v) is 9.42. The van der Waals surface area contributed by atoms with Crippen LogP contribution in [0.2, 0.25) is 0 Å². The summed E-state index contributed by atoms with van der Waals surface area (Å²) in [5.74, 6) is 0.883. The van der Waals surface area contributed by atoms with Crippen molar-refractivity contribution in [2.45, 2.75) is 25.8 Å². The summed E-state index contributed by atoms with van der Waals surface area (Å²) >= 11 is 0. The van der Waals surface area contributed by atoms with Crippen LogP contribution in [0, 0.1) is 0 Å². The number of hydrogen-bond donors (Lipinski definition) is 3. The number of nitrogens with zero attached hydrogens (tertiary/aromatic N) is 1. The summed E-state index contributed by atoms with van der Waals surface area (Å²) < 4.78 is 0. The van der Waals surface area contributed by atoms with Crippen molar-refractivity contribution < 1.29 is 4.79 Å². The number of nitrogens with one attached hydrogen (secondary N) is 3. The molecule has 0 aliphatic carbocycles. The molecule has 1 aromatic rings. The lowest BCUT2D eigenvalue weighted by molar-refractivity contribution is -0.126. The Labute approximate surface area is 89.7 Å². The molecule has 0 fully saturated rings. The van der Waals surface area contributed by atoms with Gasteiger partial charge in [0, 0.05) is 25.4 Å². The van der Waals surface area contributed by atoms with E-state index in [1.165, 1.54) is 0 Å². The molecule has 5 nitrogen and oxygen atoms in total. The molecule has 0 aromatic carbocycles. The minimum absolute atomic E-state index is 0.00319. The van der Waals surface area contributed by atoms with Crippen LogP contribution < -0.4 is 10.6 Å². The number of aromatic nitrogens is 2. The molecule has 1 amide bonds. The van der Waals surface area contributed by atoms with Crippen LogP contribution in [-0.4, -0.2) is 35.0 Å². The molecule has 5 heteroatoms. The second-order valence-electron chi connectivity index (χ2n) is 3.92. The van der Waals surface area contributed by atoms with E-state index in [0.29, 0.717) is 6.54 Å². The highest BCUT2D eigenvalue weighted by atomic mass is 16.2. The Morgan fingerprint density at radius 3 is 2.87 bits per heavy atom. The fourth-order valence-electron chi connectivity index (χ4n) is 1.06. The van der Waals surface area contributed by atoms with Crippen LogP contribution in [0.3, 0.4) is 0 Å². The largest absolute Gasteiger partial charge is 0.354 e. The second kappa shape index (κ2) is 4.93. The third-order valence-corrected chi connectivity index (χ3v) is 2.39. The van der Waals surface area contributed by atoms with Crippen LogP contribution in [-0.2, 0) is 11.2 Å². The summed E-state index contributed by atoms with van der Waals surface area (Å²) in [6, 6.07) is 0. The lowest BCUT2D eigenvalue weighted by Gasteiger charge is -2.22. The third kappa shape index (κ3) is 3.36. The quantitative estimate of drug-likeness (QED) is 0.644. The maximum absolute atomic E-state index is 11.6. The maximum Gasteiger partial charge on any atom is 0.239 e. The topological polar surface area (TPSA) is 69.8 Å². The first-order chi connectivity index (χ1) is 7.06. The van der Waals surface area contributed by atoms with E-state index in [2.05, 4.69) is 20.6 Å². The summed E-state index contributed by atoms with van der Waals surface area (Å²) in [6.07, 6.45) is 4.20. The average molecular weight is 210 g/mol. The third-order valence-electron chi connectivity index (χ3n) is 2.39. The predicted molar refractivity (Wildman–Crippen MR) is 58.4 cm³/mol. The van der Waals surface area contributed by atoms with Gasteiger partial charge in [-0.3, -0.25) is 4.79 Å². The number of rotatable bonds is 5. The number of likely N-dealkylation sites (N-methyl/N-ethyl adjacent to an activating group) is 1. The predicted octanol–water partition coefficient (Wildman–Crippen LogP) is 0.0664. The molecule has 1 rings (SSSR count). The van der Waals surface area contributed by atoms with Crippen molar-refractivity contribution in [2.24, 2.45) is 0 Å². The smallest absolute Gasteiger partial charge is 0.239 e. The Hall–Kier alpha value is -1.36. The van der Waals surface area contributed by atoms with Crippen molar-refractivity contribution in [1.82, 2.24) is 20.6 Å². The molecule has 15 heavy (non-hydrogen) atoms. The number of carbonyl (C=O) groups excluding carboxylic acids is 1. The Bertz CT molecular complexity index is 305. The average Bonchev–Trinajstić information content (AvgIpc) is 2.70. The van der Waals surface area contributed by atoms with Gasteiger partial charge in [-0.25, -0.2) is 4.98 Å². The summed E-state index contributed by atoms with van der Waals surface area (Å²) in [5, 5.41) is 5.80. The van der Waals surface area contributed by atoms with Gasteiger partial charge < -0.3 is 15.6 Å². The summed E-state index contributed by atoms with van der Waals surface area (Å²) in [4.78, 5) is 18.7. The zero-order valence-electron chi connectivity index (χ0n) is 9.42. The minimum atomic E-state index is -0.525. The van der Waals surface area contributed by atoms with Crippen molar-refractivity contribution in [2.75, 3.05) is 13.6 Å². The maximum atomic E-state index is 11.6. The van der Waals surface area contributed by atoms with Gasteiger partial charge in [-0.15, -0.1) is 0 Å². The van der Waals surface area contributed by atoms with Crippen molar-refractivity contribution in [1.29, 1.82) is 0 Å². The first kappa shape index (κ1) is 11.7. The standard InChI is InChI=1S/C10H18N4O/c1-10(2,11-3)9(15)14-5-4-8-12-6-7-13-8/h6-7,11H,4-5H2,1-3H3,(H,12,13)(H,14,15). The summed E-state index contributed by atoms with van der Waals surface area (Å²) in [7, 11) is 1.77. The second-order valence-corrected chi connectivity index (χ2v) is 3.92. The molecular formula is C10H18N4O. The van der Waals surface area contributed by atoms with Crippen LogP contribution >= 0.6 is 0 Å². The van der Waals surface area contributed by atoms with Gasteiger partial charge in [-0.2, -0.15) is 0 Å². The molecule has 0 unspecified atom stereocenters. The fourth-order valence-corrected chi connectivity index (χ4v) is 1.06. The first-order valence-corrected chi connectivity index (χ1v) is 5.02. The van der Waals surface area contributed by atoms with E-state index < -0.39 is 5.54 Å². The van der Waals surface area contributed by atoms with Gasteiger partial charge in [-0.1, -0.05) is 0 Å². The first-order valence-electron chi connectivity index (χ1n) is 5.02. The lowest BCUT2D eigenvalue weighted by atomic mass is 10.1. The molecule has 84 valence electrons. The van der Waals surface area contributed by atoms with Crippen molar-refractivity contribution in [3.8, 4) is 0 Å². The van der Waals surface area contributed by atoms with E-state index in [4.69, 9.17) is 0 Å². The number of aromatic amines is 1. The molecule has 0 aliphatic heterocycles. The molecular weight excluding hydrogens is 192 g/mol. The van der Waals surface area contributed by atoms with E-state index >= 15 is 0 Å². The Morgan fingerprint density at radius 2 is 2.33 bits per heavy atom. The normalized spacial score (nSPS) is 11.4. The summed E-state index contributed by atoms with van der Waals surface area (Å²) in [5.41, 5.74) is -0.525. The number of hydrogen-bond acceptors (Lipinski definition) is 3. The fraction of sp³-hybridized carbons (Fsp3) is 0.600. The molecule has 0 atom stereocenters. The van der Waals surface area contributed by atoms with Crippen LogP contribution in [0.4, 0.5) is 0 Å². The monoisotopic (exact) mass is 210 g/mol. The lowest BCUT2D eigenvalue weighted by Crippen LogP contribution is -2.51. The van der Waals surface area contributed by atoms with Crippen LogP contribution in [0.15, 0.2) is 12.4 Å². The molecule has 0 radical (unpaired) electrons. The van der Waals surface area contributed by atoms with Gasteiger partial charge >= 0.3 is 0 Å². The van der Waals surface area contributed by atoms with Gasteiger partial charge in [0.05, 0.1) is 5.54 Å². The van der Waals surface area contributed by atoms with Gasteiger partial charge in [0.15, 0.2) is 0 Å². The Kier molecular flexibility index (Phi) is 3.85. The molecule has 0 bridgehead atoms. The van der Waals surface area contributed by atoms with Crippen LogP contribution in [0.1, 0.15) is 19.7 Å². The number of carbonyl (C=O) groups is 1. The highest BCUT2D eigenvalue weighted by Gasteiger charge is 2.24. The molecule has 1 heterocycles.